The van der Waals surface area contributed by atoms with Crippen molar-refractivity contribution in [3.05, 3.63) is 23.8 Å². The predicted octanol–water partition coefficient (Wildman–Crippen LogP) is 2.68. The van der Waals surface area contributed by atoms with Crippen molar-refractivity contribution in [2.24, 2.45) is 4.99 Å². The number of likely N-dealkylation sites (tertiary alicyclic amines) is 1. The second-order valence-corrected chi connectivity index (χ2v) is 7.10. The van der Waals surface area contributed by atoms with E-state index >= 15 is 0 Å². The van der Waals surface area contributed by atoms with Gasteiger partial charge in [-0.25, -0.2) is 0 Å². The number of hydrogen-bond donors (Lipinski definition) is 2. The molecule has 1 aliphatic rings. The van der Waals surface area contributed by atoms with E-state index in [4.69, 9.17) is 9.47 Å². The van der Waals surface area contributed by atoms with Crippen molar-refractivity contribution < 1.29 is 9.47 Å². The Morgan fingerprint density at radius 1 is 1.15 bits per heavy atom. The third kappa shape index (κ3) is 6.94. The van der Waals surface area contributed by atoms with E-state index in [0.29, 0.717) is 0 Å². The third-order valence-electron chi connectivity index (χ3n) is 5.23. The summed E-state index contributed by atoms with van der Waals surface area (Å²) in [5, 5.41) is 6.80. The highest BCUT2D eigenvalue weighted by Gasteiger charge is 2.17. The number of hydrogen-bond acceptors (Lipinski definition) is 4. The quantitative estimate of drug-likeness (QED) is 0.394. The number of rotatable bonds is 9. The fraction of sp³-hybridized carbons (Fsp3) is 0.667. The molecular weight excluding hydrogens is 340 g/mol. The first-order valence-corrected chi connectivity index (χ1v) is 10.1. The van der Waals surface area contributed by atoms with Gasteiger partial charge in [0.25, 0.3) is 0 Å². The Morgan fingerprint density at radius 3 is 2.63 bits per heavy atom. The summed E-state index contributed by atoms with van der Waals surface area (Å²) >= 11 is 0. The molecule has 0 amide bonds. The van der Waals surface area contributed by atoms with E-state index in [0.717, 1.165) is 56.0 Å². The number of guanidine groups is 1. The molecule has 1 aliphatic heterocycles. The van der Waals surface area contributed by atoms with Gasteiger partial charge in [-0.05, 0) is 56.8 Å². The molecule has 1 unspecified atom stereocenters. The molecule has 0 saturated carbocycles. The fourth-order valence-electron chi connectivity index (χ4n) is 3.56. The zero-order valence-corrected chi connectivity index (χ0v) is 17.4. The van der Waals surface area contributed by atoms with Crippen LogP contribution in [0.15, 0.2) is 23.2 Å². The molecule has 1 atom stereocenters. The van der Waals surface area contributed by atoms with Crippen molar-refractivity contribution in [1.29, 1.82) is 0 Å². The molecule has 0 aliphatic carbocycles. The number of nitrogens with one attached hydrogen (secondary N) is 2. The molecule has 6 nitrogen and oxygen atoms in total. The molecule has 2 rings (SSSR count). The highest BCUT2D eigenvalue weighted by molar-refractivity contribution is 5.79. The van der Waals surface area contributed by atoms with Crippen LogP contribution in [0.2, 0.25) is 0 Å². The van der Waals surface area contributed by atoms with E-state index < -0.39 is 0 Å². The number of nitrogens with zero attached hydrogens (tertiary/aromatic N) is 2. The summed E-state index contributed by atoms with van der Waals surface area (Å²) in [5.41, 5.74) is 1.20. The summed E-state index contributed by atoms with van der Waals surface area (Å²) in [7, 11) is 5.13. The van der Waals surface area contributed by atoms with Gasteiger partial charge < -0.3 is 25.0 Å². The van der Waals surface area contributed by atoms with Crippen LogP contribution in [-0.4, -0.2) is 64.3 Å². The van der Waals surface area contributed by atoms with Gasteiger partial charge in [-0.15, -0.1) is 0 Å². The van der Waals surface area contributed by atoms with Gasteiger partial charge in [0.05, 0.1) is 14.2 Å². The zero-order chi connectivity index (χ0) is 19.5. The monoisotopic (exact) mass is 376 g/mol. The molecule has 1 aromatic carbocycles. The van der Waals surface area contributed by atoms with Gasteiger partial charge in [0.1, 0.15) is 0 Å². The van der Waals surface area contributed by atoms with E-state index in [1.165, 1.54) is 31.4 Å². The first kappa shape index (κ1) is 21.4. The Bertz CT molecular complexity index is 592. The first-order chi connectivity index (χ1) is 13.2. The number of piperidine rings is 1. The molecule has 1 aromatic rings. The molecule has 1 fully saturated rings. The third-order valence-corrected chi connectivity index (χ3v) is 5.23. The summed E-state index contributed by atoms with van der Waals surface area (Å²) in [4.78, 5) is 6.93. The van der Waals surface area contributed by atoms with Gasteiger partial charge in [-0.3, -0.25) is 4.99 Å². The fourth-order valence-corrected chi connectivity index (χ4v) is 3.56. The molecule has 1 saturated heterocycles. The van der Waals surface area contributed by atoms with Crippen molar-refractivity contribution >= 4 is 5.96 Å². The van der Waals surface area contributed by atoms with Crippen LogP contribution in [0.5, 0.6) is 11.5 Å². The van der Waals surface area contributed by atoms with Crippen molar-refractivity contribution in [3.63, 3.8) is 0 Å². The second kappa shape index (κ2) is 11.7. The SMILES string of the molecule is CN=C(NCCCN1CCCCC1C)NCCc1ccc(OC)c(OC)c1. The Balaban J connectivity index is 1.66. The first-order valence-electron chi connectivity index (χ1n) is 10.1. The van der Waals surface area contributed by atoms with Gasteiger partial charge in [-0.2, -0.15) is 0 Å². The van der Waals surface area contributed by atoms with E-state index in [2.05, 4.69) is 33.5 Å². The van der Waals surface area contributed by atoms with Crippen molar-refractivity contribution in [3.8, 4) is 11.5 Å². The number of aliphatic imine (C=N–C) groups is 1. The summed E-state index contributed by atoms with van der Waals surface area (Å²) in [5.74, 6) is 2.39. The molecule has 152 valence electrons. The van der Waals surface area contributed by atoms with Crippen LogP contribution < -0.4 is 20.1 Å². The van der Waals surface area contributed by atoms with E-state index in [9.17, 15) is 0 Å². The van der Waals surface area contributed by atoms with Gasteiger partial charge in [0, 0.05) is 32.7 Å². The lowest BCUT2D eigenvalue weighted by molar-refractivity contribution is 0.159. The van der Waals surface area contributed by atoms with E-state index in [1.54, 1.807) is 14.2 Å². The summed E-state index contributed by atoms with van der Waals surface area (Å²) in [6, 6.07) is 6.77. The number of ether oxygens (including phenoxy) is 2. The molecule has 2 N–H and O–H groups in total. The van der Waals surface area contributed by atoms with Crippen LogP contribution in [-0.2, 0) is 6.42 Å². The molecular formula is C21H36N4O2. The largest absolute Gasteiger partial charge is 0.493 e. The minimum atomic E-state index is 0.734. The van der Waals surface area contributed by atoms with Crippen molar-refractivity contribution in [2.45, 2.75) is 45.1 Å². The lowest BCUT2D eigenvalue weighted by Crippen LogP contribution is -2.41. The Hall–Kier alpha value is -1.95. The standard InChI is InChI=1S/C21H36N4O2/c1-17-8-5-6-14-25(17)15-7-12-23-21(22-2)24-13-11-18-9-10-19(26-3)20(16-18)27-4/h9-10,16-17H,5-8,11-15H2,1-4H3,(H2,22,23,24). The topological polar surface area (TPSA) is 58.1 Å². The lowest BCUT2D eigenvalue weighted by atomic mass is 10.0. The van der Waals surface area contributed by atoms with Crippen LogP contribution in [0.1, 0.15) is 38.2 Å². The normalized spacial score (nSPS) is 18.2. The Morgan fingerprint density at radius 2 is 1.93 bits per heavy atom. The average Bonchev–Trinajstić information content (AvgIpc) is 2.70. The maximum absolute atomic E-state index is 5.36. The molecule has 0 bridgehead atoms. The van der Waals surface area contributed by atoms with Crippen LogP contribution in [0.3, 0.4) is 0 Å². The molecule has 0 aromatic heterocycles. The summed E-state index contributed by atoms with van der Waals surface area (Å²) in [6.45, 7) is 6.52. The zero-order valence-electron chi connectivity index (χ0n) is 17.4. The van der Waals surface area contributed by atoms with Gasteiger partial charge in [0.15, 0.2) is 17.5 Å². The summed E-state index contributed by atoms with van der Waals surface area (Å²) in [6.07, 6.45) is 6.10. The summed E-state index contributed by atoms with van der Waals surface area (Å²) < 4.78 is 10.6. The molecule has 0 spiro atoms. The second-order valence-electron chi connectivity index (χ2n) is 7.10. The Labute approximate surface area is 164 Å². The van der Waals surface area contributed by atoms with Gasteiger partial charge in [-0.1, -0.05) is 12.5 Å². The predicted molar refractivity (Wildman–Crippen MR) is 112 cm³/mol. The number of methoxy groups -OCH3 is 2. The minimum absolute atomic E-state index is 0.734. The molecule has 1 heterocycles. The van der Waals surface area contributed by atoms with E-state index in [-0.39, 0.29) is 0 Å². The Kier molecular flexibility index (Phi) is 9.25. The smallest absolute Gasteiger partial charge is 0.190 e. The molecule has 0 radical (unpaired) electrons. The van der Waals surface area contributed by atoms with Gasteiger partial charge in [0.2, 0.25) is 0 Å². The molecule has 6 heteroatoms. The van der Waals surface area contributed by atoms with Crippen LogP contribution >= 0.6 is 0 Å². The number of benzene rings is 1. The minimum Gasteiger partial charge on any atom is -0.493 e. The molecule has 27 heavy (non-hydrogen) atoms. The highest BCUT2D eigenvalue weighted by atomic mass is 16.5. The van der Waals surface area contributed by atoms with Crippen LogP contribution in [0, 0.1) is 0 Å². The van der Waals surface area contributed by atoms with Gasteiger partial charge >= 0.3 is 0 Å². The maximum atomic E-state index is 5.36. The highest BCUT2D eigenvalue weighted by Crippen LogP contribution is 2.27. The average molecular weight is 377 g/mol. The van der Waals surface area contributed by atoms with Crippen LogP contribution in [0.25, 0.3) is 0 Å². The van der Waals surface area contributed by atoms with Crippen LogP contribution in [0.4, 0.5) is 0 Å². The maximum Gasteiger partial charge on any atom is 0.190 e. The van der Waals surface area contributed by atoms with E-state index in [1.807, 2.05) is 19.2 Å². The van der Waals surface area contributed by atoms with Crippen molar-refractivity contribution in [1.82, 2.24) is 15.5 Å². The lowest BCUT2D eigenvalue weighted by Gasteiger charge is -2.33. The van der Waals surface area contributed by atoms with Crippen molar-refractivity contribution in [2.75, 3.05) is 47.4 Å².